The van der Waals surface area contributed by atoms with Crippen LogP contribution in [-0.4, -0.2) is 55.4 Å². The van der Waals surface area contributed by atoms with Crippen LogP contribution in [0.5, 0.6) is 0 Å². The Labute approximate surface area is 116 Å². The quantitative estimate of drug-likeness (QED) is 0.359. The SMILES string of the molecule is COCCN(CCOC)c1ncnc(NN)c1[N+](=O)[O-]. The zero-order chi connectivity index (χ0) is 15.0. The van der Waals surface area contributed by atoms with Gasteiger partial charge in [0, 0.05) is 27.3 Å². The van der Waals surface area contributed by atoms with Crippen molar-refractivity contribution >= 4 is 17.3 Å². The number of nitrogens with zero attached hydrogens (tertiary/aromatic N) is 4. The van der Waals surface area contributed by atoms with Crippen LogP contribution < -0.4 is 16.2 Å². The molecular weight excluding hydrogens is 268 g/mol. The summed E-state index contributed by atoms with van der Waals surface area (Å²) in [6.45, 7) is 1.66. The highest BCUT2D eigenvalue weighted by molar-refractivity contribution is 5.69. The molecule has 0 fully saturated rings. The smallest absolute Gasteiger partial charge is 0.354 e. The second-order valence-corrected chi connectivity index (χ2v) is 3.77. The Balaban J connectivity index is 3.13. The van der Waals surface area contributed by atoms with Crippen LogP contribution in [0.25, 0.3) is 0 Å². The van der Waals surface area contributed by atoms with E-state index in [1.807, 2.05) is 0 Å². The molecule has 0 aromatic carbocycles. The molecule has 0 amide bonds. The van der Waals surface area contributed by atoms with Gasteiger partial charge in [0.05, 0.1) is 18.1 Å². The first kappa shape index (κ1) is 16.0. The highest BCUT2D eigenvalue weighted by Crippen LogP contribution is 2.30. The molecule has 1 aromatic heterocycles. The number of methoxy groups -OCH3 is 2. The van der Waals surface area contributed by atoms with Gasteiger partial charge >= 0.3 is 5.69 Å². The summed E-state index contributed by atoms with van der Waals surface area (Å²) in [5, 5.41) is 11.2. The van der Waals surface area contributed by atoms with Crippen LogP contribution in [0.3, 0.4) is 0 Å². The van der Waals surface area contributed by atoms with Crippen LogP contribution in [0.1, 0.15) is 0 Å². The normalized spacial score (nSPS) is 10.3. The lowest BCUT2D eigenvalue weighted by molar-refractivity contribution is -0.383. The maximum atomic E-state index is 11.2. The third-order valence-electron chi connectivity index (χ3n) is 2.55. The summed E-state index contributed by atoms with van der Waals surface area (Å²) in [6.07, 6.45) is 1.21. The molecule has 0 atom stereocenters. The molecule has 0 bridgehead atoms. The molecule has 0 spiro atoms. The minimum Gasteiger partial charge on any atom is -0.383 e. The predicted molar refractivity (Wildman–Crippen MR) is 72.5 cm³/mol. The summed E-state index contributed by atoms with van der Waals surface area (Å²) in [6, 6.07) is 0. The molecule has 0 aliphatic rings. The third-order valence-corrected chi connectivity index (χ3v) is 2.55. The van der Waals surface area contributed by atoms with Crippen molar-refractivity contribution in [1.82, 2.24) is 9.97 Å². The van der Waals surface area contributed by atoms with Gasteiger partial charge in [-0.3, -0.25) is 10.1 Å². The molecule has 1 aromatic rings. The van der Waals surface area contributed by atoms with Crippen molar-refractivity contribution in [3.8, 4) is 0 Å². The lowest BCUT2D eigenvalue weighted by Gasteiger charge is -2.22. The average molecular weight is 286 g/mol. The fourth-order valence-corrected chi connectivity index (χ4v) is 1.60. The van der Waals surface area contributed by atoms with E-state index >= 15 is 0 Å². The fraction of sp³-hybridized carbons (Fsp3) is 0.600. The first-order valence-corrected chi connectivity index (χ1v) is 5.84. The Kier molecular flexibility index (Phi) is 6.56. The van der Waals surface area contributed by atoms with E-state index in [4.69, 9.17) is 15.3 Å². The molecule has 0 saturated heterocycles. The number of nitrogens with one attached hydrogen (secondary N) is 1. The maximum absolute atomic E-state index is 11.2. The molecule has 112 valence electrons. The number of nitrogens with two attached hydrogens (primary N) is 1. The molecule has 1 heterocycles. The lowest BCUT2D eigenvalue weighted by Crippen LogP contribution is -2.32. The number of nitrogen functional groups attached to an aromatic ring is 1. The van der Waals surface area contributed by atoms with Crippen LogP contribution in [0.4, 0.5) is 17.3 Å². The van der Waals surface area contributed by atoms with E-state index in [2.05, 4.69) is 15.4 Å². The topological polar surface area (TPSA) is 129 Å². The standard InChI is InChI=1S/C10H18N6O4/c1-19-5-3-15(4-6-20-2)10-8(16(17)18)9(14-11)12-7-13-10/h7H,3-6,11H2,1-2H3,(H,12,13,14). The Morgan fingerprint density at radius 1 is 1.35 bits per heavy atom. The molecule has 1 rings (SSSR count). The minimum absolute atomic E-state index is 0.0418. The Bertz CT molecular complexity index is 436. The third kappa shape index (κ3) is 3.98. The van der Waals surface area contributed by atoms with Gasteiger partial charge in [-0.1, -0.05) is 0 Å². The van der Waals surface area contributed by atoms with Gasteiger partial charge in [0.2, 0.25) is 11.6 Å². The summed E-state index contributed by atoms with van der Waals surface area (Å²) in [5.74, 6) is 5.38. The molecule has 3 N–H and O–H groups in total. The number of hydrazine groups is 1. The van der Waals surface area contributed by atoms with Gasteiger partial charge in [0.15, 0.2) is 0 Å². The van der Waals surface area contributed by atoms with Crippen LogP contribution >= 0.6 is 0 Å². The summed E-state index contributed by atoms with van der Waals surface area (Å²) < 4.78 is 9.99. The van der Waals surface area contributed by atoms with Crippen LogP contribution in [0, 0.1) is 10.1 Å². The average Bonchev–Trinajstić information content (AvgIpc) is 2.46. The van der Waals surface area contributed by atoms with E-state index in [1.54, 1.807) is 19.1 Å². The zero-order valence-corrected chi connectivity index (χ0v) is 11.4. The lowest BCUT2D eigenvalue weighted by atomic mass is 10.3. The van der Waals surface area contributed by atoms with Crippen LogP contribution in [0.15, 0.2) is 6.33 Å². The number of ether oxygens (including phenoxy) is 2. The van der Waals surface area contributed by atoms with Gasteiger partial charge in [-0.2, -0.15) is 0 Å². The minimum atomic E-state index is -0.572. The fourth-order valence-electron chi connectivity index (χ4n) is 1.60. The van der Waals surface area contributed by atoms with E-state index in [1.165, 1.54) is 6.33 Å². The van der Waals surface area contributed by atoms with E-state index in [0.29, 0.717) is 26.3 Å². The molecular formula is C10H18N6O4. The number of aromatic nitrogens is 2. The molecule has 0 radical (unpaired) electrons. The van der Waals surface area contributed by atoms with Gasteiger partial charge in [0.1, 0.15) is 6.33 Å². The number of hydrogen-bond acceptors (Lipinski definition) is 9. The van der Waals surface area contributed by atoms with E-state index in [-0.39, 0.29) is 17.3 Å². The number of nitro groups is 1. The Morgan fingerprint density at radius 2 is 1.95 bits per heavy atom. The van der Waals surface area contributed by atoms with Gasteiger partial charge in [-0.15, -0.1) is 0 Å². The Hall–Kier alpha value is -2.04. The molecule has 0 unspecified atom stereocenters. The molecule has 10 nitrogen and oxygen atoms in total. The second-order valence-electron chi connectivity index (χ2n) is 3.77. The second kappa shape index (κ2) is 8.19. The van der Waals surface area contributed by atoms with Crippen molar-refractivity contribution in [2.24, 2.45) is 5.84 Å². The number of rotatable bonds is 9. The predicted octanol–water partition coefficient (Wildman–Crippen LogP) is -0.230. The molecule has 10 heteroatoms. The van der Waals surface area contributed by atoms with Gasteiger partial charge in [-0.25, -0.2) is 15.8 Å². The molecule has 0 aliphatic carbocycles. The van der Waals surface area contributed by atoms with Gasteiger partial charge < -0.3 is 19.8 Å². The van der Waals surface area contributed by atoms with Gasteiger partial charge in [0.25, 0.3) is 0 Å². The number of anilines is 2. The first-order valence-electron chi connectivity index (χ1n) is 5.84. The first-order chi connectivity index (χ1) is 9.65. The zero-order valence-electron chi connectivity index (χ0n) is 11.4. The van der Waals surface area contributed by atoms with Crippen molar-refractivity contribution in [1.29, 1.82) is 0 Å². The van der Waals surface area contributed by atoms with Crippen LogP contribution in [0.2, 0.25) is 0 Å². The maximum Gasteiger partial charge on any atom is 0.354 e. The summed E-state index contributed by atoms with van der Waals surface area (Å²) in [5.41, 5.74) is 1.93. The highest BCUT2D eigenvalue weighted by Gasteiger charge is 2.26. The summed E-state index contributed by atoms with van der Waals surface area (Å²) in [4.78, 5) is 20.0. The summed E-state index contributed by atoms with van der Waals surface area (Å²) in [7, 11) is 3.10. The molecule has 0 saturated carbocycles. The van der Waals surface area contributed by atoms with Gasteiger partial charge in [-0.05, 0) is 0 Å². The molecule has 0 aliphatic heterocycles. The van der Waals surface area contributed by atoms with Crippen molar-refractivity contribution in [2.75, 3.05) is 50.8 Å². The van der Waals surface area contributed by atoms with Crippen molar-refractivity contribution in [2.45, 2.75) is 0 Å². The van der Waals surface area contributed by atoms with Crippen molar-refractivity contribution in [3.63, 3.8) is 0 Å². The summed E-state index contributed by atoms with van der Waals surface area (Å²) >= 11 is 0. The number of hydrogen-bond donors (Lipinski definition) is 2. The Morgan fingerprint density at radius 3 is 2.40 bits per heavy atom. The molecule has 20 heavy (non-hydrogen) atoms. The largest absolute Gasteiger partial charge is 0.383 e. The van der Waals surface area contributed by atoms with Crippen molar-refractivity contribution in [3.05, 3.63) is 16.4 Å². The van der Waals surface area contributed by atoms with Crippen molar-refractivity contribution < 1.29 is 14.4 Å². The van der Waals surface area contributed by atoms with Crippen LogP contribution in [-0.2, 0) is 9.47 Å². The highest BCUT2D eigenvalue weighted by atomic mass is 16.6. The van der Waals surface area contributed by atoms with E-state index < -0.39 is 4.92 Å². The monoisotopic (exact) mass is 286 g/mol. The van der Waals surface area contributed by atoms with E-state index in [0.717, 1.165) is 0 Å². The van der Waals surface area contributed by atoms with E-state index in [9.17, 15) is 10.1 Å².